The van der Waals surface area contributed by atoms with E-state index in [-0.39, 0.29) is 23.3 Å². The van der Waals surface area contributed by atoms with Crippen molar-refractivity contribution in [3.8, 4) is 5.75 Å². The van der Waals surface area contributed by atoms with Crippen LogP contribution in [0.25, 0.3) is 0 Å². The molecule has 0 unspecified atom stereocenters. The molecule has 0 aliphatic heterocycles. The largest absolute Gasteiger partial charge is 0.507 e. The second-order valence-electron chi connectivity index (χ2n) is 3.52. The van der Waals surface area contributed by atoms with Crippen LogP contribution in [0.1, 0.15) is 34.6 Å². The van der Waals surface area contributed by atoms with Crippen molar-refractivity contribution in [2.45, 2.75) is 19.9 Å². The summed E-state index contributed by atoms with van der Waals surface area (Å²) in [6, 6.07) is 4.23. The molecule has 4 heteroatoms. The summed E-state index contributed by atoms with van der Waals surface area (Å²) < 4.78 is 0. The molecule has 0 aliphatic carbocycles. The number of rotatable bonds is 3. The van der Waals surface area contributed by atoms with Crippen LogP contribution < -0.4 is 5.32 Å². The van der Waals surface area contributed by atoms with E-state index in [0.29, 0.717) is 11.8 Å². The molecular weight excluding hydrogens is 194 g/mol. The lowest BCUT2D eigenvalue weighted by molar-refractivity contribution is 0.0942. The van der Waals surface area contributed by atoms with Crippen LogP contribution in [0.3, 0.4) is 0 Å². The highest BCUT2D eigenvalue weighted by molar-refractivity contribution is 5.95. The maximum Gasteiger partial charge on any atom is 0.251 e. The summed E-state index contributed by atoms with van der Waals surface area (Å²) in [5.74, 6) is -0.445. The Bertz CT molecular complexity index is 385. The summed E-state index contributed by atoms with van der Waals surface area (Å²) >= 11 is 0. The Balaban J connectivity index is 2.92. The van der Waals surface area contributed by atoms with Crippen molar-refractivity contribution in [3.05, 3.63) is 29.3 Å². The van der Waals surface area contributed by atoms with E-state index in [1.165, 1.54) is 18.2 Å². The van der Waals surface area contributed by atoms with Gasteiger partial charge in [-0.2, -0.15) is 0 Å². The van der Waals surface area contributed by atoms with E-state index in [1.54, 1.807) is 0 Å². The summed E-state index contributed by atoms with van der Waals surface area (Å²) in [7, 11) is 0. The first-order valence-corrected chi connectivity index (χ1v) is 4.63. The molecule has 0 atom stereocenters. The van der Waals surface area contributed by atoms with Gasteiger partial charge in [0.15, 0.2) is 6.29 Å². The second-order valence-corrected chi connectivity index (χ2v) is 3.52. The summed E-state index contributed by atoms with van der Waals surface area (Å²) in [6.07, 6.45) is 0.541. The Morgan fingerprint density at radius 1 is 1.47 bits per heavy atom. The summed E-state index contributed by atoms with van der Waals surface area (Å²) in [5.41, 5.74) is 0.517. The first-order chi connectivity index (χ1) is 7.04. The quantitative estimate of drug-likeness (QED) is 0.735. The molecule has 1 amide bonds. The van der Waals surface area contributed by atoms with Gasteiger partial charge < -0.3 is 10.4 Å². The van der Waals surface area contributed by atoms with E-state index in [0.717, 1.165) is 0 Å². The van der Waals surface area contributed by atoms with Gasteiger partial charge in [-0.3, -0.25) is 9.59 Å². The maximum atomic E-state index is 11.5. The van der Waals surface area contributed by atoms with Crippen molar-refractivity contribution in [1.29, 1.82) is 0 Å². The molecule has 15 heavy (non-hydrogen) atoms. The predicted octanol–water partition coefficient (Wildman–Crippen LogP) is 1.34. The normalized spacial score (nSPS) is 10.1. The standard InChI is InChI=1S/C11H13NO3/c1-7(2)12-11(15)8-3-4-9(6-13)10(14)5-8/h3-7,14H,1-2H3,(H,12,15). The van der Waals surface area contributed by atoms with E-state index in [2.05, 4.69) is 5.32 Å². The van der Waals surface area contributed by atoms with Gasteiger partial charge in [0.1, 0.15) is 5.75 Å². The van der Waals surface area contributed by atoms with Crippen LogP contribution in [-0.4, -0.2) is 23.3 Å². The van der Waals surface area contributed by atoms with Gasteiger partial charge in [-0.05, 0) is 32.0 Å². The van der Waals surface area contributed by atoms with Gasteiger partial charge in [0.2, 0.25) is 0 Å². The van der Waals surface area contributed by atoms with Crippen LogP contribution >= 0.6 is 0 Å². The molecule has 0 aliphatic rings. The molecule has 0 spiro atoms. The molecule has 1 aromatic carbocycles. The SMILES string of the molecule is CC(C)NC(=O)c1ccc(C=O)c(O)c1. The van der Waals surface area contributed by atoms with Crippen LogP contribution in [0, 0.1) is 0 Å². The molecule has 0 radical (unpaired) electrons. The van der Waals surface area contributed by atoms with Crippen molar-refractivity contribution in [2.24, 2.45) is 0 Å². The van der Waals surface area contributed by atoms with Crippen LogP contribution in [0.15, 0.2) is 18.2 Å². The number of nitrogens with one attached hydrogen (secondary N) is 1. The fourth-order valence-corrected chi connectivity index (χ4v) is 1.13. The Morgan fingerprint density at radius 2 is 2.13 bits per heavy atom. The van der Waals surface area contributed by atoms with Gasteiger partial charge in [-0.25, -0.2) is 0 Å². The van der Waals surface area contributed by atoms with Gasteiger partial charge >= 0.3 is 0 Å². The van der Waals surface area contributed by atoms with Gasteiger partial charge in [0.05, 0.1) is 5.56 Å². The first-order valence-electron chi connectivity index (χ1n) is 4.63. The van der Waals surface area contributed by atoms with Crippen molar-refractivity contribution in [2.75, 3.05) is 0 Å². The average molecular weight is 207 g/mol. The fraction of sp³-hybridized carbons (Fsp3) is 0.273. The van der Waals surface area contributed by atoms with E-state index >= 15 is 0 Å². The van der Waals surface area contributed by atoms with Crippen molar-refractivity contribution in [1.82, 2.24) is 5.32 Å². The molecule has 1 aromatic rings. The minimum absolute atomic E-state index is 0.0328. The number of carbonyl (C=O) groups is 2. The zero-order chi connectivity index (χ0) is 11.4. The van der Waals surface area contributed by atoms with Crippen LogP contribution in [0.2, 0.25) is 0 Å². The van der Waals surface area contributed by atoms with Crippen LogP contribution in [0.4, 0.5) is 0 Å². The Labute approximate surface area is 87.9 Å². The number of aldehydes is 1. The highest BCUT2D eigenvalue weighted by Gasteiger charge is 2.09. The molecule has 0 fully saturated rings. The molecule has 1 rings (SSSR count). The third-order valence-corrected chi connectivity index (χ3v) is 1.84. The molecule has 0 saturated heterocycles. The fourth-order valence-electron chi connectivity index (χ4n) is 1.13. The third kappa shape index (κ3) is 2.80. The highest BCUT2D eigenvalue weighted by Crippen LogP contribution is 2.16. The van der Waals surface area contributed by atoms with E-state index in [9.17, 15) is 14.7 Å². The van der Waals surface area contributed by atoms with E-state index in [4.69, 9.17) is 0 Å². The number of aromatic hydroxyl groups is 1. The lowest BCUT2D eigenvalue weighted by atomic mass is 10.1. The Hall–Kier alpha value is -1.84. The minimum atomic E-state index is -0.266. The van der Waals surface area contributed by atoms with Gasteiger partial charge in [0, 0.05) is 11.6 Å². The third-order valence-electron chi connectivity index (χ3n) is 1.84. The zero-order valence-electron chi connectivity index (χ0n) is 8.65. The molecule has 80 valence electrons. The molecule has 0 aromatic heterocycles. The smallest absolute Gasteiger partial charge is 0.251 e. The topological polar surface area (TPSA) is 66.4 Å². The number of amides is 1. The van der Waals surface area contributed by atoms with Gasteiger partial charge in [-0.1, -0.05) is 0 Å². The number of carbonyl (C=O) groups excluding carboxylic acids is 2. The van der Waals surface area contributed by atoms with E-state index in [1.807, 2.05) is 13.8 Å². The van der Waals surface area contributed by atoms with E-state index < -0.39 is 0 Å². The number of benzene rings is 1. The predicted molar refractivity (Wildman–Crippen MR) is 56.1 cm³/mol. The lowest BCUT2D eigenvalue weighted by Crippen LogP contribution is -2.30. The molecule has 4 nitrogen and oxygen atoms in total. The van der Waals surface area contributed by atoms with Crippen LogP contribution in [-0.2, 0) is 0 Å². The molecule has 2 N–H and O–H groups in total. The number of phenols is 1. The summed E-state index contributed by atoms with van der Waals surface area (Å²) in [5, 5.41) is 12.0. The molecule has 0 saturated carbocycles. The van der Waals surface area contributed by atoms with Crippen molar-refractivity contribution >= 4 is 12.2 Å². The number of hydrogen-bond donors (Lipinski definition) is 2. The average Bonchev–Trinajstić information content (AvgIpc) is 2.16. The monoisotopic (exact) mass is 207 g/mol. The number of hydrogen-bond acceptors (Lipinski definition) is 3. The van der Waals surface area contributed by atoms with Crippen molar-refractivity contribution in [3.63, 3.8) is 0 Å². The molecular formula is C11H13NO3. The minimum Gasteiger partial charge on any atom is -0.507 e. The Kier molecular flexibility index (Phi) is 3.44. The number of phenolic OH excluding ortho intramolecular Hbond substituents is 1. The summed E-state index contributed by atoms with van der Waals surface area (Å²) in [4.78, 5) is 21.9. The molecule has 0 heterocycles. The lowest BCUT2D eigenvalue weighted by Gasteiger charge is -2.08. The second kappa shape index (κ2) is 4.59. The molecule has 0 bridgehead atoms. The van der Waals surface area contributed by atoms with Crippen LogP contribution in [0.5, 0.6) is 5.75 Å². The van der Waals surface area contributed by atoms with Gasteiger partial charge in [-0.15, -0.1) is 0 Å². The first kappa shape index (κ1) is 11.2. The maximum absolute atomic E-state index is 11.5. The zero-order valence-corrected chi connectivity index (χ0v) is 8.65. The van der Waals surface area contributed by atoms with Gasteiger partial charge in [0.25, 0.3) is 5.91 Å². The van der Waals surface area contributed by atoms with Crippen molar-refractivity contribution < 1.29 is 14.7 Å². The summed E-state index contributed by atoms with van der Waals surface area (Å²) in [6.45, 7) is 3.69. The Morgan fingerprint density at radius 3 is 2.60 bits per heavy atom. The highest BCUT2D eigenvalue weighted by atomic mass is 16.3.